The third-order valence-electron chi connectivity index (χ3n) is 4.13. The van der Waals surface area contributed by atoms with Crippen LogP contribution in [0.4, 0.5) is 0 Å². The molecule has 0 aliphatic carbocycles. The highest BCUT2D eigenvalue weighted by Crippen LogP contribution is 2.23. The molecule has 0 radical (unpaired) electrons. The first-order valence-corrected chi connectivity index (χ1v) is 7.27. The molecule has 1 aromatic carbocycles. The molecular formula is C16H23NO3. The second kappa shape index (κ2) is 6.75. The average molecular weight is 277 g/mol. The van der Waals surface area contributed by atoms with E-state index in [1.165, 1.54) is 0 Å². The Morgan fingerprint density at radius 3 is 2.45 bits per heavy atom. The number of aliphatic hydroxyl groups is 1. The van der Waals surface area contributed by atoms with Crippen LogP contribution in [0.15, 0.2) is 24.3 Å². The maximum atomic E-state index is 12.4. The van der Waals surface area contributed by atoms with Crippen molar-refractivity contribution in [1.82, 2.24) is 4.90 Å². The highest BCUT2D eigenvalue weighted by atomic mass is 16.5. The summed E-state index contributed by atoms with van der Waals surface area (Å²) < 4.78 is 5.09. The van der Waals surface area contributed by atoms with E-state index in [0.717, 1.165) is 38.1 Å². The molecule has 1 aliphatic heterocycles. The number of ether oxygens (including phenoxy) is 1. The fourth-order valence-electron chi connectivity index (χ4n) is 2.74. The van der Waals surface area contributed by atoms with Crippen LogP contribution in [0.1, 0.15) is 36.5 Å². The minimum Gasteiger partial charge on any atom is -0.497 e. The van der Waals surface area contributed by atoms with E-state index >= 15 is 0 Å². The smallest absolute Gasteiger partial charge is 0.253 e. The van der Waals surface area contributed by atoms with Crippen molar-refractivity contribution in [3.05, 3.63) is 29.8 Å². The summed E-state index contributed by atoms with van der Waals surface area (Å²) in [6.07, 6.45) is 2.33. The lowest BCUT2D eigenvalue weighted by Gasteiger charge is -2.34. The zero-order chi connectivity index (χ0) is 14.5. The number of amides is 1. The molecule has 1 N–H and O–H groups in total. The van der Waals surface area contributed by atoms with Crippen molar-refractivity contribution in [2.24, 2.45) is 5.92 Å². The van der Waals surface area contributed by atoms with E-state index in [1.807, 2.05) is 11.8 Å². The van der Waals surface area contributed by atoms with Crippen LogP contribution in [0.2, 0.25) is 0 Å². The van der Waals surface area contributed by atoms with Gasteiger partial charge in [0, 0.05) is 18.7 Å². The number of carbonyl (C=O) groups excluding carboxylic acids is 1. The zero-order valence-corrected chi connectivity index (χ0v) is 12.2. The summed E-state index contributed by atoms with van der Waals surface area (Å²) in [7, 11) is 1.61. The van der Waals surface area contributed by atoms with E-state index in [1.54, 1.807) is 31.4 Å². The van der Waals surface area contributed by atoms with Crippen LogP contribution < -0.4 is 4.74 Å². The predicted molar refractivity (Wildman–Crippen MR) is 77.9 cm³/mol. The van der Waals surface area contributed by atoms with E-state index in [-0.39, 0.29) is 12.0 Å². The summed E-state index contributed by atoms with van der Waals surface area (Å²) in [5, 5.41) is 9.86. The molecule has 0 bridgehead atoms. The molecule has 1 saturated heterocycles. The van der Waals surface area contributed by atoms with Gasteiger partial charge in [-0.2, -0.15) is 0 Å². The lowest BCUT2D eigenvalue weighted by molar-refractivity contribution is 0.0454. The van der Waals surface area contributed by atoms with Gasteiger partial charge in [0.05, 0.1) is 13.2 Å². The highest BCUT2D eigenvalue weighted by molar-refractivity contribution is 5.94. The van der Waals surface area contributed by atoms with Crippen molar-refractivity contribution in [2.45, 2.75) is 32.3 Å². The Kier molecular flexibility index (Phi) is 5.01. The maximum absolute atomic E-state index is 12.4. The van der Waals surface area contributed by atoms with Crippen LogP contribution in [0.5, 0.6) is 5.75 Å². The Morgan fingerprint density at radius 1 is 1.35 bits per heavy atom. The number of nitrogens with zero attached hydrogens (tertiary/aromatic N) is 1. The first-order valence-electron chi connectivity index (χ1n) is 7.27. The molecular weight excluding hydrogens is 254 g/mol. The van der Waals surface area contributed by atoms with Gasteiger partial charge in [-0.1, -0.05) is 6.92 Å². The number of hydrogen-bond donors (Lipinski definition) is 1. The Hall–Kier alpha value is -1.55. The number of aliphatic hydroxyl groups excluding tert-OH is 1. The molecule has 2 rings (SSSR count). The van der Waals surface area contributed by atoms with Gasteiger partial charge in [0.15, 0.2) is 0 Å². The summed E-state index contributed by atoms with van der Waals surface area (Å²) in [6, 6.07) is 7.21. The quantitative estimate of drug-likeness (QED) is 0.919. The molecule has 1 aromatic rings. The highest BCUT2D eigenvalue weighted by Gasteiger charge is 2.26. The minimum atomic E-state index is -0.228. The number of methoxy groups -OCH3 is 1. The molecule has 1 unspecified atom stereocenters. The van der Waals surface area contributed by atoms with Crippen molar-refractivity contribution >= 4 is 5.91 Å². The van der Waals surface area contributed by atoms with Crippen molar-refractivity contribution in [1.29, 1.82) is 0 Å². The lowest BCUT2D eigenvalue weighted by Crippen LogP contribution is -2.41. The topological polar surface area (TPSA) is 49.8 Å². The van der Waals surface area contributed by atoms with Crippen LogP contribution in [0.25, 0.3) is 0 Å². The van der Waals surface area contributed by atoms with Crippen LogP contribution in [-0.2, 0) is 0 Å². The first kappa shape index (κ1) is 14.9. The molecule has 0 saturated carbocycles. The fraction of sp³-hybridized carbons (Fsp3) is 0.562. The van der Waals surface area contributed by atoms with Gasteiger partial charge >= 0.3 is 0 Å². The Morgan fingerprint density at radius 2 is 1.95 bits per heavy atom. The van der Waals surface area contributed by atoms with E-state index in [2.05, 4.69) is 0 Å². The summed E-state index contributed by atoms with van der Waals surface area (Å²) in [4.78, 5) is 14.2. The SMILES string of the molecule is CCC(O)C1CCN(C(=O)c2ccc(OC)cc2)CC1. The summed E-state index contributed by atoms with van der Waals surface area (Å²) in [6.45, 7) is 3.46. The van der Waals surface area contributed by atoms with Gasteiger partial charge in [-0.15, -0.1) is 0 Å². The Labute approximate surface area is 120 Å². The second-order valence-corrected chi connectivity index (χ2v) is 5.33. The summed E-state index contributed by atoms with van der Waals surface area (Å²) >= 11 is 0. The molecule has 1 fully saturated rings. The van der Waals surface area contributed by atoms with Gasteiger partial charge in [0.25, 0.3) is 5.91 Å². The Bertz CT molecular complexity index is 436. The largest absolute Gasteiger partial charge is 0.497 e. The number of rotatable bonds is 4. The summed E-state index contributed by atoms with van der Waals surface area (Å²) in [5.74, 6) is 1.16. The van der Waals surface area contributed by atoms with Gasteiger partial charge in [-0.3, -0.25) is 4.79 Å². The third-order valence-corrected chi connectivity index (χ3v) is 4.13. The average Bonchev–Trinajstić information content (AvgIpc) is 2.53. The molecule has 4 nitrogen and oxygen atoms in total. The molecule has 4 heteroatoms. The van der Waals surface area contributed by atoms with Crippen LogP contribution >= 0.6 is 0 Å². The number of likely N-dealkylation sites (tertiary alicyclic amines) is 1. The normalized spacial score (nSPS) is 17.9. The first-order chi connectivity index (χ1) is 9.65. The Balaban J connectivity index is 1.94. The van der Waals surface area contributed by atoms with Crippen LogP contribution in [0.3, 0.4) is 0 Å². The fourth-order valence-corrected chi connectivity index (χ4v) is 2.74. The molecule has 20 heavy (non-hydrogen) atoms. The summed E-state index contributed by atoms with van der Waals surface area (Å²) in [5.41, 5.74) is 0.695. The van der Waals surface area contributed by atoms with Crippen molar-refractivity contribution in [3.8, 4) is 5.75 Å². The molecule has 0 spiro atoms. The number of benzene rings is 1. The van der Waals surface area contributed by atoms with E-state index in [0.29, 0.717) is 11.5 Å². The molecule has 1 atom stereocenters. The maximum Gasteiger partial charge on any atom is 0.253 e. The van der Waals surface area contributed by atoms with Gasteiger partial charge in [0.1, 0.15) is 5.75 Å². The van der Waals surface area contributed by atoms with E-state index in [9.17, 15) is 9.90 Å². The van der Waals surface area contributed by atoms with Crippen molar-refractivity contribution < 1.29 is 14.6 Å². The number of carbonyl (C=O) groups is 1. The zero-order valence-electron chi connectivity index (χ0n) is 12.2. The van der Waals surface area contributed by atoms with Crippen LogP contribution in [-0.4, -0.2) is 42.2 Å². The third kappa shape index (κ3) is 3.31. The predicted octanol–water partition coefficient (Wildman–Crippen LogP) is 2.32. The van der Waals surface area contributed by atoms with E-state index in [4.69, 9.17) is 4.74 Å². The van der Waals surface area contributed by atoms with Crippen molar-refractivity contribution in [3.63, 3.8) is 0 Å². The van der Waals surface area contributed by atoms with Gasteiger partial charge in [0.2, 0.25) is 0 Å². The molecule has 0 aromatic heterocycles. The molecule has 110 valence electrons. The minimum absolute atomic E-state index is 0.0668. The lowest BCUT2D eigenvalue weighted by atomic mass is 9.90. The standard InChI is InChI=1S/C16H23NO3/c1-3-15(18)12-8-10-17(11-9-12)16(19)13-4-6-14(20-2)7-5-13/h4-7,12,15,18H,3,8-11H2,1-2H3. The number of piperidine rings is 1. The van der Waals surface area contributed by atoms with Crippen molar-refractivity contribution in [2.75, 3.05) is 20.2 Å². The van der Waals surface area contributed by atoms with Gasteiger partial charge in [-0.25, -0.2) is 0 Å². The number of hydrogen-bond acceptors (Lipinski definition) is 3. The molecule has 1 amide bonds. The van der Waals surface area contributed by atoms with Gasteiger partial charge < -0.3 is 14.7 Å². The van der Waals surface area contributed by atoms with Crippen LogP contribution in [0, 0.1) is 5.92 Å². The van der Waals surface area contributed by atoms with E-state index < -0.39 is 0 Å². The molecule has 1 heterocycles. The second-order valence-electron chi connectivity index (χ2n) is 5.33. The monoisotopic (exact) mass is 277 g/mol. The molecule has 1 aliphatic rings. The van der Waals surface area contributed by atoms with Gasteiger partial charge in [-0.05, 0) is 49.4 Å².